The van der Waals surface area contributed by atoms with Gasteiger partial charge in [-0.1, -0.05) is 57.9 Å². The van der Waals surface area contributed by atoms with Crippen LogP contribution in [-0.4, -0.2) is 23.3 Å². The summed E-state index contributed by atoms with van der Waals surface area (Å²) in [7, 11) is 0. The van der Waals surface area contributed by atoms with Crippen LogP contribution in [0.25, 0.3) is 0 Å². The quantitative estimate of drug-likeness (QED) is 0.451. The molecule has 0 aromatic rings. The highest BCUT2D eigenvalue weighted by molar-refractivity contribution is 5.87. The average Bonchev–Trinajstić information content (AvgIpc) is 2.81. The lowest BCUT2D eigenvalue weighted by Gasteiger charge is -2.53. The van der Waals surface area contributed by atoms with Crippen molar-refractivity contribution in [1.82, 2.24) is 0 Å². The van der Waals surface area contributed by atoms with Crippen molar-refractivity contribution in [1.29, 1.82) is 0 Å². The van der Waals surface area contributed by atoms with Gasteiger partial charge in [0.25, 0.3) is 0 Å². The van der Waals surface area contributed by atoms with Gasteiger partial charge in [0.05, 0.1) is 6.10 Å². The number of ether oxygens (including phenoxy) is 1. The Kier molecular flexibility index (Phi) is 6.17. The van der Waals surface area contributed by atoms with Gasteiger partial charge >= 0.3 is 0 Å². The molecule has 0 radical (unpaired) electrons. The average molecular weight is 455 g/mol. The second kappa shape index (κ2) is 8.18. The SMILES string of the molecule is CC1=C(CC[C@H]2[C@@H](C)CC[C@H]3OC(C)(C)C(=O)CC[C@@]32C)[C@]2(C)CCC(=O)C(C)(C)[C@H]2C=C1. The molecule has 6 atom stereocenters. The fourth-order valence-corrected chi connectivity index (χ4v) is 8.28. The maximum atomic E-state index is 12.8. The van der Waals surface area contributed by atoms with Gasteiger partial charge in [0.1, 0.15) is 11.4 Å². The Bertz CT molecular complexity index is 890. The molecule has 0 spiro atoms. The maximum Gasteiger partial charge on any atom is 0.164 e. The number of fused-ring (bicyclic) bond motifs is 2. The minimum atomic E-state index is -0.665. The first kappa shape index (κ1) is 24.9. The van der Waals surface area contributed by atoms with Crippen molar-refractivity contribution in [2.45, 2.75) is 118 Å². The number of rotatable bonds is 3. The summed E-state index contributed by atoms with van der Waals surface area (Å²) in [5.41, 5.74) is 2.11. The Morgan fingerprint density at radius 1 is 0.970 bits per heavy atom. The molecular weight excluding hydrogens is 408 g/mol. The van der Waals surface area contributed by atoms with E-state index >= 15 is 0 Å². The smallest absolute Gasteiger partial charge is 0.164 e. The Balaban J connectivity index is 1.60. The first-order valence-corrected chi connectivity index (χ1v) is 13.4. The molecule has 1 heterocycles. The highest BCUT2D eigenvalue weighted by Gasteiger charge is 2.54. The highest BCUT2D eigenvalue weighted by Crippen LogP contribution is 2.59. The molecule has 33 heavy (non-hydrogen) atoms. The van der Waals surface area contributed by atoms with Crippen molar-refractivity contribution in [2.75, 3.05) is 0 Å². The van der Waals surface area contributed by atoms with Crippen LogP contribution in [0.2, 0.25) is 0 Å². The second-order valence-corrected chi connectivity index (χ2v) is 13.3. The lowest BCUT2D eigenvalue weighted by molar-refractivity contribution is -0.165. The molecule has 2 saturated carbocycles. The Morgan fingerprint density at radius 2 is 1.64 bits per heavy atom. The van der Waals surface area contributed by atoms with Crippen LogP contribution in [-0.2, 0) is 14.3 Å². The topological polar surface area (TPSA) is 43.4 Å². The molecule has 184 valence electrons. The number of Topliss-reactive ketones (excluding diaryl/α,β-unsaturated/α-hetero) is 2. The third-order valence-corrected chi connectivity index (χ3v) is 10.6. The number of hydrogen-bond donors (Lipinski definition) is 0. The molecule has 0 aromatic carbocycles. The van der Waals surface area contributed by atoms with Gasteiger partial charge in [-0.3, -0.25) is 9.59 Å². The molecule has 4 aliphatic rings. The number of carbonyl (C=O) groups excluding carboxylic acids is 2. The van der Waals surface area contributed by atoms with Crippen LogP contribution in [0.3, 0.4) is 0 Å². The molecule has 0 aromatic heterocycles. The van der Waals surface area contributed by atoms with Crippen LogP contribution in [0.1, 0.15) is 107 Å². The van der Waals surface area contributed by atoms with Crippen LogP contribution < -0.4 is 0 Å². The zero-order valence-electron chi connectivity index (χ0n) is 22.3. The normalized spacial score (nSPS) is 42.5. The lowest BCUT2D eigenvalue weighted by Crippen LogP contribution is -2.50. The van der Waals surface area contributed by atoms with Gasteiger partial charge < -0.3 is 4.74 Å². The summed E-state index contributed by atoms with van der Waals surface area (Å²) in [4.78, 5) is 25.5. The standard InChI is InChI=1S/C30H46O3/c1-19-9-13-23-27(3,4)24(31)15-17-29(23,7)21(19)11-12-22-20(2)10-14-26-30(22,8)18-16-25(32)28(5,6)33-26/h9,13,20,22-23,26H,10-12,14-18H2,1-8H3/t20-,22-,23+,26+,29-,30+/m0/s1. The molecule has 3 nitrogen and oxygen atoms in total. The molecule has 1 saturated heterocycles. The van der Waals surface area contributed by atoms with Crippen LogP contribution in [0.15, 0.2) is 23.3 Å². The summed E-state index contributed by atoms with van der Waals surface area (Å²) >= 11 is 0. The monoisotopic (exact) mass is 454 g/mol. The van der Waals surface area contributed by atoms with Crippen molar-refractivity contribution < 1.29 is 14.3 Å². The van der Waals surface area contributed by atoms with Crippen LogP contribution in [0.5, 0.6) is 0 Å². The number of ketones is 2. The van der Waals surface area contributed by atoms with E-state index in [1.54, 1.807) is 5.57 Å². The summed E-state index contributed by atoms with van der Waals surface area (Å²) in [5, 5.41) is 0. The molecule has 1 aliphatic heterocycles. The molecular formula is C30H46O3. The van der Waals surface area contributed by atoms with Crippen LogP contribution in [0, 0.1) is 34.0 Å². The third-order valence-electron chi connectivity index (χ3n) is 10.6. The van der Waals surface area contributed by atoms with E-state index < -0.39 is 5.60 Å². The molecule has 0 bridgehead atoms. The summed E-state index contributed by atoms with van der Waals surface area (Å²) < 4.78 is 6.54. The van der Waals surface area contributed by atoms with E-state index in [0.717, 1.165) is 32.1 Å². The number of allylic oxidation sites excluding steroid dienone is 4. The molecule has 0 N–H and O–H groups in total. The van der Waals surface area contributed by atoms with Crippen molar-refractivity contribution in [2.24, 2.45) is 34.0 Å². The minimum absolute atomic E-state index is 0.0438. The van der Waals surface area contributed by atoms with E-state index in [9.17, 15) is 9.59 Å². The fraction of sp³-hybridized carbons (Fsp3) is 0.800. The van der Waals surface area contributed by atoms with Crippen molar-refractivity contribution in [3.05, 3.63) is 23.3 Å². The van der Waals surface area contributed by atoms with E-state index in [-0.39, 0.29) is 34.1 Å². The van der Waals surface area contributed by atoms with E-state index in [1.807, 2.05) is 13.8 Å². The van der Waals surface area contributed by atoms with Gasteiger partial charge in [-0.15, -0.1) is 0 Å². The summed E-state index contributed by atoms with van der Waals surface area (Å²) in [6, 6.07) is 0. The second-order valence-electron chi connectivity index (χ2n) is 13.3. The van der Waals surface area contributed by atoms with Crippen molar-refractivity contribution >= 4 is 11.6 Å². The third kappa shape index (κ3) is 3.91. The first-order chi connectivity index (χ1) is 15.2. The van der Waals surface area contributed by atoms with Crippen LogP contribution in [0.4, 0.5) is 0 Å². The van der Waals surface area contributed by atoms with E-state index in [2.05, 4.69) is 53.7 Å². The predicted molar refractivity (Wildman–Crippen MR) is 134 cm³/mol. The molecule has 3 heteroatoms. The number of hydrogen-bond acceptors (Lipinski definition) is 3. The Morgan fingerprint density at radius 3 is 2.33 bits per heavy atom. The van der Waals surface area contributed by atoms with Crippen molar-refractivity contribution in [3.63, 3.8) is 0 Å². The molecule has 3 fully saturated rings. The highest BCUT2D eigenvalue weighted by atomic mass is 16.5. The first-order valence-electron chi connectivity index (χ1n) is 13.4. The molecule has 0 unspecified atom stereocenters. The zero-order chi connectivity index (χ0) is 24.4. The molecule has 3 aliphatic carbocycles. The molecule has 0 amide bonds. The van der Waals surface area contributed by atoms with Gasteiger partial charge in [-0.05, 0) is 87.9 Å². The van der Waals surface area contributed by atoms with Crippen LogP contribution >= 0.6 is 0 Å². The summed E-state index contributed by atoms with van der Waals surface area (Å²) in [5.74, 6) is 2.12. The minimum Gasteiger partial charge on any atom is -0.364 e. The zero-order valence-corrected chi connectivity index (χ0v) is 22.3. The summed E-state index contributed by atoms with van der Waals surface area (Å²) in [6.07, 6.45) is 12.5. The van der Waals surface area contributed by atoms with Gasteiger partial charge in [0.15, 0.2) is 5.78 Å². The lowest BCUT2D eigenvalue weighted by atomic mass is 9.50. The van der Waals surface area contributed by atoms with Gasteiger partial charge in [-0.25, -0.2) is 0 Å². The predicted octanol–water partition coefficient (Wildman–Crippen LogP) is 7.24. The Labute approximate surface area is 201 Å². The van der Waals surface area contributed by atoms with Gasteiger partial charge in [0.2, 0.25) is 0 Å². The van der Waals surface area contributed by atoms with Gasteiger partial charge in [-0.2, -0.15) is 0 Å². The van der Waals surface area contributed by atoms with E-state index in [4.69, 9.17) is 4.74 Å². The summed E-state index contributed by atoms with van der Waals surface area (Å²) in [6.45, 7) is 17.7. The van der Waals surface area contributed by atoms with E-state index in [0.29, 0.717) is 30.5 Å². The molecule has 4 rings (SSSR count). The van der Waals surface area contributed by atoms with Gasteiger partial charge in [0, 0.05) is 18.3 Å². The van der Waals surface area contributed by atoms with E-state index in [1.165, 1.54) is 12.0 Å². The fourth-order valence-electron chi connectivity index (χ4n) is 8.28. The number of carbonyl (C=O) groups is 2. The maximum absolute atomic E-state index is 12.8. The van der Waals surface area contributed by atoms with Crippen molar-refractivity contribution in [3.8, 4) is 0 Å². The Hall–Kier alpha value is -1.22. The largest absolute Gasteiger partial charge is 0.364 e.